The van der Waals surface area contributed by atoms with Crippen LogP contribution < -0.4 is 10.1 Å². The Bertz CT molecular complexity index is 394. The summed E-state index contributed by atoms with van der Waals surface area (Å²) in [6.07, 6.45) is 0.920. The van der Waals surface area contributed by atoms with Crippen LogP contribution in [0, 0.1) is 5.92 Å². The van der Waals surface area contributed by atoms with Gasteiger partial charge in [0.2, 0.25) is 5.88 Å². The number of aryl methyl sites for hydroxylation is 1. The van der Waals surface area contributed by atoms with Crippen LogP contribution in [0.15, 0.2) is 12.1 Å². The molecule has 1 rings (SSSR count). The van der Waals surface area contributed by atoms with Crippen LogP contribution in [-0.2, 0) is 17.7 Å². The minimum atomic E-state index is 0.0103. The number of hydrogen-bond acceptors (Lipinski definition) is 4. The van der Waals surface area contributed by atoms with Crippen LogP contribution in [0.5, 0.6) is 5.88 Å². The molecule has 1 heterocycles. The zero-order chi connectivity index (χ0) is 15.0. The van der Waals surface area contributed by atoms with Gasteiger partial charge in [0, 0.05) is 25.4 Å². The average Bonchev–Trinajstić information content (AvgIpc) is 2.38. The van der Waals surface area contributed by atoms with Crippen LogP contribution in [-0.4, -0.2) is 31.3 Å². The van der Waals surface area contributed by atoms with Gasteiger partial charge in [0.1, 0.15) is 6.10 Å². The van der Waals surface area contributed by atoms with Gasteiger partial charge in [0.25, 0.3) is 0 Å². The molecule has 0 aliphatic rings. The van der Waals surface area contributed by atoms with Gasteiger partial charge in [-0.05, 0) is 37.4 Å². The van der Waals surface area contributed by atoms with Crippen LogP contribution in [0.1, 0.15) is 39.0 Å². The SMILES string of the molecule is CCc1cc(CNCC(C)C)cc(OC(C)COC)n1. The molecule has 0 radical (unpaired) electrons. The van der Waals surface area contributed by atoms with Gasteiger partial charge in [-0.3, -0.25) is 0 Å². The van der Waals surface area contributed by atoms with Crippen molar-refractivity contribution in [3.8, 4) is 5.88 Å². The van der Waals surface area contributed by atoms with Gasteiger partial charge in [-0.25, -0.2) is 4.98 Å². The quantitative estimate of drug-likeness (QED) is 0.755. The van der Waals surface area contributed by atoms with Crippen LogP contribution in [0.3, 0.4) is 0 Å². The highest BCUT2D eigenvalue weighted by molar-refractivity contribution is 5.25. The molecule has 0 saturated carbocycles. The van der Waals surface area contributed by atoms with Gasteiger partial charge < -0.3 is 14.8 Å². The first-order chi connectivity index (χ1) is 9.55. The fourth-order valence-corrected chi connectivity index (χ4v) is 1.94. The molecule has 4 nitrogen and oxygen atoms in total. The first-order valence-electron chi connectivity index (χ1n) is 7.41. The van der Waals surface area contributed by atoms with E-state index in [2.05, 4.69) is 37.1 Å². The zero-order valence-electron chi connectivity index (χ0n) is 13.4. The van der Waals surface area contributed by atoms with Crippen molar-refractivity contribution in [2.45, 2.75) is 46.8 Å². The summed E-state index contributed by atoms with van der Waals surface area (Å²) in [6, 6.07) is 4.15. The van der Waals surface area contributed by atoms with Crippen molar-refractivity contribution in [3.63, 3.8) is 0 Å². The Morgan fingerprint density at radius 3 is 2.60 bits per heavy atom. The minimum absolute atomic E-state index is 0.0103. The molecule has 1 aromatic rings. The van der Waals surface area contributed by atoms with Crippen molar-refractivity contribution < 1.29 is 9.47 Å². The molecule has 0 aromatic carbocycles. The summed E-state index contributed by atoms with van der Waals surface area (Å²) in [5, 5.41) is 3.45. The summed E-state index contributed by atoms with van der Waals surface area (Å²) in [6.45, 7) is 10.9. The Kier molecular flexibility index (Phi) is 7.55. The van der Waals surface area contributed by atoms with Gasteiger partial charge in [-0.15, -0.1) is 0 Å². The predicted octanol–water partition coefficient (Wildman–Crippen LogP) is 2.80. The average molecular weight is 280 g/mol. The molecule has 1 atom stereocenters. The molecule has 0 fully saturated rings. The third-order valence-corrected chi connectivity index (χ3v) is 2.88. The minimum Gasteiger partial charge on any atom is -0.472 e. The molecule has 1 aromatic heterocycles. The molecule has 1 unspecified atom stereocenters. The molecule has 4 heteroatoms. The molecular formula is C16H28N2O2. The summed E-state index contributed by atoms with van der Waals surface area (Å²) in [5.74, 6) is 1.34. The Morgan fingerprint density at radius 1 is 1.25 bits per heavy atom. The molecule has 0 amide bonds. The van der Waals surface area contributed by atoms with E-state index in [4.69, 9.17) is 9.47 Å². The lowest BCUT2D eigenvalue weighted by Crippen LogP contribution is -2.20. The first kappa shape index (κ1) is 16.9. The summed E-state index contributed by atoms with van der Waals surface area (Å²) < 4.78 is 10.9. The van der Waals surface area contributed by atoms with Crippen molar-refractivity contribution in [1.29, 1.82) is 0 Å². The van der Waals surface area contributed by atoms with Crippen LogP contribution in [0.4, 0.5) is 0 Å². The predicted molar refractivity (Wildman–Crippen MR) is 82.1 cm³/mol. The second-order valence-corrected chi connectivity index (χ2v) is 5.57. The summed E-state index contributed by atoms with van der Waals surface area (Å²) >= 11 is 0. The molecular weight excluding hydrogens is 252 g/mol. The summed E-state index contributed by atoms with van der Waals surface area (Å²) in [4.78, 5) is 4.51. The fourth-order valence-electron chi connectivity index (χ4n) is 1.94. The van der Waals surface area contributed by atoms with E-state index in [0.29, 0.717) is 18.4 Å². The second kappa shape index (κ2) is 8.93. The van der Waals surface area contributed by atoms with Crippen LogP contribution >= 0.6 is 0 Å². The Balaban J connectivity index is 2.69. The fraction of sp³-hybridized carbons (Fsp3) is 0.688. The largest absolute Gasteiger partial charge is 0.472 e. The lowest BCUT2D eigenvalue weighted by molar-refractivity contribution is 0.0888. The van der Waals surface area contributed by atoms with E-state index in [9.17, 15) is 0 Å². The number of methoxy groups -OCH3 is 1. The van der Waals surface area contributed by atoms with Crippen LogP contribution in [0.25, 0.3) is 0 Å². The number of pyridine rings is 1. The van der Waals surface area contributed by atoms with E-state index in [1.165, 1.54) is 5.56 Å². The van der Waals surface area contributed by atoms with Gasteiger partial charge in [-0.1, -0.05) is 20.8 Å². The number of hydrogen-bond donors (Lipinski definition) is 1. The van der Waals surface area contributed by atoms with Crippen molar-refractivity contribution in [2.75, 3.05) is 20.3 Å². The zero-order valence-corrected chi connectivity index (χ0v) is 13.4. The highest BCUT2D eigenvalue weighted by atomic mass is 16.5. The van der Waals surface area contributed by atoms with Gasteiger partial charge in [0.15, 0.2) is 0 Å². The normalized spacial score (nSPS) is 12.7. The van der Waals surface area contributed by atoms with Crippen molar-refractivity contribution in [3.05, 3.63) is 23.4 Å². The van der Waals surface area contributed by atoms with Gasteiger partial charge in [0.05, 0.1) is 6.61 Å². The molecule has 0 saturated heterocycles. The lowest BCUT2D eigenvalue weighted by atomic mass is 10.2. The topological polar surface area (TPSA) is 43.4 Å². The summed E-state index contributed by atoms with van der Waals surface area (Å²) in [7, 11) is 1.68. The van der Waals surface area contributed by atoms with Crippen molar-refractivity contribution in [2.24, 2.45) is 5.92 Å². The van der Waals surface area contributed by atoms with Crippen molar-refractivity contribution in [1.82, 2.24) is 10.3 Å². The Labute approximate surface area is 122 Å². The molecule has 1 N–H and O–H groups in total. The number of nitrogens with one attached hydrogen (secondary N) is 1. The molecule has 114 valence electrons. The van der Waals surface area contributed by atoms with Gasteiger partial charge in [-0.2, -0.15) is 0 Å². The summed E-state index contributed by atoms with van der Waals surface area (Å²) in [5.41, 5.74) is 2.28. The maximum Gasteiger partial charge on any atom is 0.214 e. The Morgan fingerprint density at radius 2 is 2.00 bits per heavy atom. The standard InChI is InChI=1S/C16H28N2O2/c1-6-15-7-14(10-17-9-12(2)3)8-16(18-15)20-13(4)11-19-5/h7-8,12-13,17H,6,9-11H2,1-5H3. The maximum absolute atomic E-state index is 5.80. The van der Waals surface area contributed by atoms with E-state index < -0.39 is 0 Å². The number of rotatable bonds is 9. The molecule has 0 bridgehead atoms. The maximum atomic E-state index is 5.80. The highest BCUT2D eigenvalue weighted by Gasteiger charge is 2.07. The number of ether oxygens (including phenoxy) is 2. The first-order valence-corrected chi connectivity index (χ1v) is 7.41. The molecule has 0 spiro atoms. The third-order valence-electron chi connectivity index (χ3n) is 2.88. The monoisotopic (exact) mass is 280 g/mol. The van der Waals surface area contributed by atoms with E-state index in [0.717, 1.165) is 25.2 Å². The van der Waals surface area contributed by atoms with E-state index in [-0.39, 0.29) is 6.10 Å². The Hall–Kier alpha value is -1.13. The van der Waals surface area contributed by atoms with Gasteiger partial charge >= 0.3 is 0 Å². The molecule has 0 aliphatic carbocycles. The highest BCUT2D eigenvalue weighted by Crippen LogP contribution is 2.15. The number of nitrogens with zero attached hydrogens (tertiary/aromatic N) is 1. The second-order valence-electron chi connectivity index (χ2n) is 5.57. The van der Waals surface area contributed by atoms with E-state index in [1.807, 2.05) is 13.0 Å². The van der Waals surface area contributed by atoms with Crippen LogP contribution in [0.2, 0.25) is 0 Å². The van der Waals surface area contributed by atoms with E-state index >= 15 is 0 Å². The number of aromatic nitrogens is 1. The molecule has 0 aliphatic heterocycles. The molecule has 20 heavy (non-hydrogen) atoms. The smallest absolute Gasteiger partial charge is 0.214 e. The lowest BCUT2D eigenvalue weighted by Gasteiger charge is -2.15. The van der Waals surface area contributed by atoms with E-state index in [1.54, 1.807) is 7.11 Å². The third kappa shape index (κ3) is 6.35. The van der Waals surface area contributed by atoms with Crippen molar-refractivity contribution >= 4 is 0 Å².